The third kappa shape index (κ3) is 3.51. The summed E-state index contributed by atoms with van der Waals surface area (Å²) < 4.78 is 10.7. The van der Waals surface area contributed by atoms with Crippen LogP contribution < -0.4 is 20.1 Å². The van der Waals surface area contributed by atoms with Gasteiger partial charge in [-0.3, -0.25) is 0 Å². The molecule has 2 N–H and O–H groups in total. The maximum Gasteiger partial charge on any atom is 0.179 e. The van der Waals surface area contributed by atoms with Gasteiger partial charge in [0.1, 0.15) is 0 Å². The number of halogens is 1. The van der Waals surface area contributed by atoms with Crippen molar-refractivity contribution >= 4 is 11.6 Å². The molecule has 0 bridgehead atoms. The standard InChI is InChI=1S/C19H23ClN2O2/c1-23-16-9-8-14(17(20)19(16)24-2)12-22-15-10-11-21-18(15)13-6-4-3-5-7-13/h3-9,15,18,21-22H,10-12H2,1-2H3/t15-,18-/m0/s1. The topological polar surface area (TPSA) is 42.5 Å². The molecule has 2 atom stereocenters. The Morgan fingerprint density at radius 3 is 2.62 bits per heavy atom. The van der Waals surface area contributed by atoms with Gasteiger partial charge >= 0.3 is 0 Å². The van der Waals surface area contributed by atoms with Crippen molar-refractivity contribution in [3.63, 3.8) is 0 Å². The zero-order valence-corrected chi connectivity index (χ0v) is 14.8. The number of hydrogen-bond acceptors (Lipinski definition) is 4. The van der Waals surface area contributed by atoms with E-state index in [0.717, 1.165) is 18.5 Å². The SMILES string of the molecule is COc1ccc(CN[C@H]2CCN[C@H]2c2ccccc2)c(Cl)c1OC. The van der Waals surface area contributed by atoms with Gasteiger partial charge in [-0.2, -0.15) is 0 Å². The van der Waals surface area contributed by atoms with Crippen molar-refractivity contribution < 1.29 is 9.47 Å². The molecule has 5 heteroatoms. The molecule has 3 rings (SSSR count). The normalized spacial score (nSPS) is 20.1. The lowest BCUT2D eigenvalue weighted by molar-refractivity contribution is 0.354. The molecule has 0 aliphatic carbocycles. The van der Waals surface area contributed by atoms with Crippen molar-refractivity contribution in [3.8, 4) is 11.5 Å². The molecular formula is C19H23ClN2O2. The molecule has 1 aliphatic heterocycles. The molecule has 2 aromatic carbocycles. The highest BCUT2D eigenvalue weighted by Crippen LogP contribution is 2.37. The zero-order valence-electron chi connectivity index (χ0n) is 14.0. The summed E-state index contributed by atoms with van der Waals surface area (Å²) in [5, 5.41) is 7.81. The highest BCUT2D eigenvalue weighted by molar-refractivity contribution is 6.33. The summed E-state index contributed by atoms with van der Waals surface area (Å²) in [6, 6.07) is 15.1. The Labute approximate surface area is 148 Å². The van der Waals surface area contributed by atoms with Crippen LogP contribution in [0.2, 0.25) is 5.02 Å². The fourth-order valence-electron chi connectivity index (χ4n) is 3.24. The Hall–Kier alpha value is -1.75. The highest BCUT2D eigenvalue weighted by Gasteiger charge is 2.27. The molecule has 0 radical (unpaired) electrons. The van der Waals surface area contributed by atoms with Crippen LogP contribution >= 0.6 is 11.6 Å². The quantitative estimate of drug-likeness (QED) is 0.839. The predicted molar refractivity (Wildman–Crippen MR) is 97.0 cm³/mol. The molecule has 0 unspecified atom stereocenters. The first-order chi connectivity index (χ1) is 11.7. The summed E-state index contributed by atoms with van der Waals surface area (Å²) in [5.41, 5.74) is 2.32. The van der Waals surface area contributed by atoms with Gasteiger partial charge < -0.3 is 20.1 Å². The van der Waals surface area contributed by atoms with Gasteiger partial charge in [-0.05, 0) is 30.2 Å². The van der Waals surface area contributed by atoms with Gasteiger partial charge in [0, 0.05) is 18.6 Å². The number of benzene rings is 2. The Balaban J connectivity index is 1.71. The van der Waals surface area contributed by atoms with E-state index in [1.54, 1.807) is 14.2 Å². The van der Waals surface area contributed by atoms with Gasteiger partial charge in [-0.15, -0.1) is 0 Å². The molecule has 1 heterocycles. The Morgan fingerprint density at radius 1 is 1.12 bits per heavy atom. The van der Waals surface area contributed by atoms with Gasteiger partial charge in [0.25, 0.3) is 0 Å². The van der Waals surface area contributed by atoms with Gasteiger partial charge in [0.15, 0.2) is 11.5 Å². The lowest BCUT2D eigenvalue weighted by Gasteiger charge is -2.22. The molecule has 0 amide bonds. The van der Waals surface area contributed by atoms with E-state index in [1.807, 2.05) is 18.2 Å². The average Bonchev–Trinajstić information content (AvgIpc) is 3.09. The minimum atomic E-state index is 0.324. The smallest absolute Gasteiger partial charge is 0.179 e. The third-order valence-electron chi connectivity index (χ3n) is 4.50. The zero-order chi connectivity index (χ0) is 16.9. The number of nitrogens with one attached hydrogen (secondary N) is 2. The number of ether oxygens (including phenoxy) is 2. The van der Waals surface area contributed by atoms with Gasteiger partial charge in [0.2, 0.25) is 0 Å². The largest absolute Gasteiger partial charge is 0.493 e. The molecule has 2 aromatic rings. The summed E-state index contributed by atoms with van der Waals surface area (Å²) in [6.07, 6.45) is 1.09. The summed E-state index contributed by atoms with van der Waals surface area (Å²) in [7, 11) is 3.22. The van der Waals surface area contributed by atoms with Crippen molar-refractivity contribution in [1.29, 1.82) is 0 Å². The minimum Gasteiger partial charge on any atom is -0.493 e. The molecule has 128 valence electrons. The maximum absolute atomic E-state index is 6.47. The van der Waals surface area contributed by atoms with Crippen molar-refractivity contribution in [2.24, 2.45) is 0 Å². The summed E-state index contributed by atoms with van der Waals surface area (Å²) in [6.45, 7) is 1.70. The fraction of sp³-hybridized carbons (Fsp3) is 0.368. The van der Waals surface area contributed by atoms with Crippen LogP contribution in [-0.2, 0) is 6.54 Å². The van der Waals surface area contributed by atoms with E-state index in [2.05, 4.69) is 34.9 Å². The van der Waals surface area contributed by atoms with E-state index in [4.69, 9.17) is 21.1 Å². The molecule has 4 nitrogen and oxygen atoms in total. The van der Waals surface area contributed by atoms with Crippen molar-refractivity contribution in [1.82, 2.24) is 10.6 Å². The van der Waals surface area contributed by atoms with Crippen LogP contribution in [0.4, 0.5) is 0 Å². The molecule has 1 saturated heterocycles. The Morgan fingerprint density at radius 2 is 1.92 bits per heavy atom. The average molecular weight is 347 g/mol. The van der Waals surface area contributed by atoms with Gasteiger partial charge in [-0.25, -0.2) is 0 Å². The Bertz CT molecular complexity index is 679. The summed E-state index contributed by atoms with van der Waals surface area (Å²) >= 11 is 6.47. The second kappa shape index (κ2) is 7.88. The predicted octanol–water partition coefficient (Wildman–Crippen LogP) is 3.55. The number of rotatable bonds is 6. The van der Waals surface area contributed by atoms with Gasteiger partial charge in [0.05, 0.1) is 19.2 Å². The lowest BCUT2D eigenvalue weighted by atomic mass is 10.0. The summed E-state index contributed by atoms with van der Waals surface area (Å²) in [5.74, 6) is 1.23. The molecule has 0 spiro atoms. The van der Waals surface area contributed by atoms with Crippen molar-refractivity contribution in [2.75, 3.05) is 20.8 Å². The first kappa shape index (κ1) is 17.1. The van der Waals surface area contributed by atoms with E-state index in [0.29, 0.717) is 35.2 Å². The van der Waals surface area contributed by atoms with E-state index >= 15 is 0 Å². The van der Waals surface area contributed by atoms with E-state index in [-0.39, 0.29) is 0 Å². The molecule has 0 saturated carbocycles. The van der Waals surface area contributed by atoms with E-state index in [9.17, 15) is 0 Å². The second-order valence-electron chi connectivity index (χ2n) is 5.89. The van der Waals surface area contributed by atoms with Crippen LogP contribution in [-0.4, -0.2) is 26.8 Å². The fourth-order valence-corrected chi connectivity index (χ4v) is 3.54. The van der Waals surface area contributed by atoms with E-state index in [1.165, 1.54) is 5.56 Å². The lowest BCUT2D eigenvalue weighted by Crippen LogP contribution is -2.34. The van der Waals surface area contributed by atoms with Crippen LogP contribution in [0.25, 0.3) is 0 Å². The first-order valence-electron chi connectivity index (χ1n) is 8.15. The molecule has 24 heavy (non-hydrogen) atoms. The third-order valence-corrected chi connectivity index (χ3v) is 4.91. The number of hydrogen-bond donors (Lipinski definition) is 2. The molecule has 0 aromatic heterocycles. The van der Waals surface area contributed by atoms with Crippen molar-refractivity contribution in [3.05, 3.63) is 58.6 Å². The number of methoxy groups -OCH3 is 2. The highest BCUT2D eigenvalue weighted by atomic mass is 35.5. The van der Waals surface area contributed by atoms with Crippen LogP contribution in [0.1, 0.15) is 23.6 Å². The van der Waals surface area contributed by atoms with Gasteiger partial charge in [-0.1, -0.05) is 48.0 Å². The summed E-state index contributed by atoms with van der Waals surface area (Å²) in [4.78, 5) is 0. The minimum absolute atomic E-state index is 0.324. The molecular weight excluding hydrogens is 324 g/mol. The second-order valence-corrected chi connectivity index (χ2v) is 6.27. The van der Waals surface area contributed by atoms with Crippen LogP contribution in [0.15, 0.2) is 42.5 Å². The Kier molecular flexibility index (Phi) is 5.61. The van der Waals surface area contributed by atoms with Crippen molar-refractivity contribution in [2.45, 2.75) is 25.0 Å². The van der Waals surface area contributed by atoms with Crippen LogP contribution in [0.5, 0.6) is 11.5 Å². The molecule has 1 fully saturated rings. The maximum atomic E-state index is 6.47. The van der Waals surface area contributed by atoms with Crippen LogP contribution in [0.3, 0.4) is 0 Å². The van der Waals surface area contributed by atoms with Crippen LogP contribution in [0, 0.1) is 0 Å². The monoisotopic (exact) mass is 346 g/mol. The first-order valence-corrected chi connectivity index (χ1v) is 8.53. The molecule has 1 aliphatic rings. The van der Waals surface area contributed by atoms with E-state index < -0.39 is 0 Å².